The Morgan fingerprint density at radius 2 is 2.17 bits per heavy atom. The molecule has 0 saturated carbocycles. The van der Waals surface area contributed by atoms with E-state index < -0.39 is 0 Å². The van der Waals surface area contributed by atoms with Gasteiger partial charge in [-0.15, -0.1) is 22.7 Å². The number of aromatic nitrogens is 1. The SMILES string of the molecule is Cc1nc(CN(C)C(CN)c2sccc2C)cs1. The highest BCUT2D eigenvalue weighted by molar-refractivity contribution is 7.10. The van der Waals surface area contributed by atoms with Crippen molar-refractivity contribution in [3.8, 4) is 0 Å². The van der Waals surface area contributed by atoms with Crippen LogP contribution in [-0.4, -0.2) is 23.5 Å². The number of nitrogens with zero attached hydrogens (tertiary/aromatic N) is 2. The smallest absolute Gasteiger partial charge is 0.0897 e. The van der Waals surface area contributed by atoms with Gasteiger partial charge in [0.05, 0.1) is 16.7 Å². The van der Waals surface area contributed by atoms with Crippen LogP contribution in [0.15, 0.2) is 16.8 Å². The zero-order valence-electron chi connectivity index (χ0n) is 11.0. The third-order valence-electron chi connectivity index (χ3n) is 3.04. The van der Waals surface area contributed by atoms with Crippen LogP contribution in [0.5, 0.6) is 0 Å². The van der Waals surface area contributed by atoms with E-state index >= 15 is 0 Å². The van der Waals surface area contributed by atoms with E-state index in [0.29, 0.717) is 6.54 Å². The predicted molar refractivity (Wildman–Crippen MR) is 79.2 cm³/mol. The van der Waals surface area contributed by atoms with Crippen molar-refractivity contribution in [3.05, 3.63) is 38.0 Å². The fourth-order valence-corrected chi connectivity index (χ4v) is 3.77. The van der Waals surface area contributed by atoms with Crippen LogP contribution in [0.1, 0.15) is 27.2 Å². The van der Waals surface area contributed by atoms with Gasteiger partial charge in [0.1, 0.15) is 0 Å². The summed E-state index contributed by atoms with van der Waals surface area (Å²) in [6, 6.07) is 2.44. The molecule has 2 aromatic rings. The van der Waals surface area contributed by atoms with E-state index in [0.717, 1.165) is 17.2 Å². The van der Waals surface area contributed by atoms with Gasteiger partial charge in [-0.1, -0.05) is 0 Å². The fraction of sp³-hybridized carbons (Fsp3) is 0.462. The maximum Gasteiger partial charge on any atom is 0.0897 e. The van der Waals surface area contributed by atoms with Gasteiger partial charge in [-0.2, -0.15) is 0 Å². The van der Waals surface area contributed by atoms with Crippen LogP contribution in [0.4, 0.5) is 0 Å². The summed E-state index contributed by atoms with van der Waals surface area (Å²) in [4.78, 5) is 8.16. The molecule has 0 spiro atoms. The van der Waals surface area contributed by atoms with Gasteiger partial charge < -0.3 is 5.73 Å². The standard InChI is InChI=1S/C13H19N3S2/c1-9-4-5-17-13(9)12(6-14)16(3)7-11-8-18-10(2)15-11/h4-5,8,12H,6-7,14H2,1-3H3. The number of likely N-dealkylation sites (N-methyl/N-ethyl adjacent to an activating group) is 1. The highest BCUT2D eigenvalue weighted by atomic mass is 32.1. The van der Waals surface area contributed by atoms with Gasteiger partial charge in [0.15, 0.2) is 0 Å². The zero-order valence-corrected chi connectivity index (χ0v) is 12.6. The van der Waals surface area contributed by atoms with Gasteiger partial charge in [-0.05, 0) is 37.9 Å². The monoisotopic (exact) mass is 281 g/mol. The van der Waals surface area contributed by atoms with Crippen molar-refractivity contribution in [2.24, 2.45) is 5.73 Å². The second-order valence-electron chi connectivity index (χ2n) is 4.49. The average Bonchev–Trinajstić information content (AvgIpc) is 2.90. The van der Waals surface area contributed by atoms with Crippen molar-refractivity contribution in [2.45, 2.75) is 26.4 Å². The van der Waals surface area contributed by atoms with Crippen LogP contribution in [0.3, 0.4) is 0 Å². The molecule has 2 rings (SSSR count). The average molecular weight is 281 g/mol. The number of rotatable bonds is 5. The Hall–Kier alpha value is -0.750. The number of nitrogens with two attached hydrogens (primary N) is 1. The molecule has 98 valence electrons. The molecule has 0 aliphatic carbocycles. The first-order valence-corrected chi connectivity index (χ1v) is 7.73. The summed E-state index contributed by atoms with van der Waals surface area (Å²) in [6.45, 7) is 5.68. The summed E-state index contributed by atoms with van der Waals surface area (Å²) in [6.07, 6.45) is 0. The second kappa shape index (κ2) is 5.93. The molecule has 2 heterocycles. The van der Waals surface area contributed by atoms with Crippen LogP contribution in [0.2, 0.25) is 0 Å². The highest BCUT2D eigenvalue weighted by Crippen LogP contribution is 2.28. The molecular weight excluding hydrogens is 262 g/mol. The Labute approximate surface area is 116 Å². The van der Waals surface area contributed by atoms with Crippen molar-refractivity contribution in [1.82, 2.24) is 9.88 Å². The molecule has 0 fully saturated rings. The van der Waals surface area contributed by atoms with E-state index in [1.807, 2.05) is 6.92 Å². The highest BCUT2D eigenvalue weighted by Gasteiger charge is 2.19. The van der Waals surface area contributed by atoms with Gasteiger partial charge in [-0.25, -0.2) is 4.98 Å². The van der Waals surface area contributed by atoms with Crippen molar-refractivity contribution in [3.63, 3.8) is 0 Å². The lowest BCUT2D eigenvalue weighted by atomic mass is 10.1. The zero-order chi connectivity index (χ0) is 13.1. The lowest BCUT2D eigenvalue weighted by Crippen LogP contribution is -2.30. The molecular formula is C13H19N3S2. The molecule has 0 aromatic carbocycles. The van der Waals surface area contributed by atoms with Gasteiger partial charge in [0.25, 0.3) is 0 Å². The summed E-state index contributed by atoms with van der Waals surface area (Å²) in [5, 5.41) is 5.38. The summed E-state index contributed by atoms with van der Waals surface area (Å²) in [5.74, 6) is 0. The minimum absolute atomic E-state index is 0.284. The maximum atomic E-state index is 5.94. The molecule has 0 bridgehead atoms. The molecule has 1 unspecified atom stereocenters. The molecule has 0 saturated heterocycles. The number of aryl methyl sites for hydroxylation is 2. The summed E-state index contributed by atoms with van der Waals surface area (Å²) >= 11 is 3.49. The van der Waals surface area contributed by atoms with E-state index in [1.54, 1.807) is 22.7 Å². The first-order valence-electron chi connectivity index (χ1n) is 5.97. The first kappa shape index (κ1) is 13.7. The van der Waals surface area contributed by atoms with Crippen molar-refractivity contribution < 1.29 is 0 Å². The Kier molecular flexibility index (Phi) is 4.50. The molecule has 1 atom stereocenters. The summed E-state index contributed by atoms with van der Waals surface area (Å²) in [5.41, 5.74) is 8.40. The van der Waals surface area contributed by atoms with Crippen molar-refractivity contribution in [2.75, 3.05) is 13.6 Å². The van der Waals surface area contributed by atoms with E-state index in [1.165, 1.54) is 10.4 Å². The van der Waals surface area contributed by atoms with E-state index in [4.69, 9.17) is 5.73 Å². The topological polar surface area (TPSA) is 42.2 Å². The van der Waals surface area contributed by atoms with Crippen molar-refractivity contribution >= 4 is 22.7 Å². The Balaban J connectivity index is 2.11. The lowest BCUT2D eigenvalue weighted by molar-refractivity contribution is 0.242. The lowest BCUT2D eigenvalue weighted by Gasteiger charge is -2.26. The van der Waals surface area contributed by atoms with Gasteiger partial charge in [0, 0.05) is 23.3 Å². The Morgan fingerprint density at radius 3 is 2.67 bits per heavy atom. The molecule has 5 heteroatoms. The largest absolute Gasteiger partial charge is 0.329 e. The minimum atomic E-state index is 0.284. The quantitative estimate of drug-likeness (QED) is 0.916. The van der Waals surface area contributed by atoms with Crippen molar-refractivity contribution in [1.29, 1.82) is 0 Å². The molecule has 2 aromatic heterocycles. The normalized spacial score (nSPS) is 13.2. The van der Waals surface area contributed by atoms with E-state index in [9.17, 15) is 0 Å². The molecule has 0 radical (unpaired) electrons. The first-order chi connectivity index (χ1) is 8.61. The third-order valence-corrected chi connectivity index (χ3v) is 4.98. The number of hydrogen-bond donors (Lipinski definition) is 1. The number of hydrogen-bond acceptors (Lipinski definition) is 5. The Bertz CT molecular complexity index is 504. The van der Waals surface area contributed by atoms with E-state index in [2.05, 4.69) is 40.7 Å². The van der Waals surface area contributed by atoms with E-state index in [-0.39, 0.29) is 6.04 Å². The van der Waals surface area contributed by atoms with Crippen LogP contribution < -0.4 is 5.73 Å². The fourth-order valence-electron chi connectivity index (χ4n) is 2.06. The molecule has 2 N–H and O–H groups in total. The predicted octanol–water partition coefficient (Wildman–Crippen LogP) is 2.95. The third kappa shape index (κ3) is 2.98. The van der Waals surface area contributed by atoms with Crippen LogP contribution in [-0.2, 0) is 6.54 Å². The summed E-state index contributed by atoms with van der Waals surface area (Å²) in [7, 11) is 2.12. The van der Waals surface area contributed by atoms with Gasteiger partial charge >= 0.3 is 0 Å². The van der Waals surface area contributed by atoms with Crippen LogP contribution >= 0.6 is 22.7 Å². The van der Waals surface area contributed by atoms with Gasteiger partial charge in [-0.3, -0.25) is 4.90 Å². The number of thiophene rings is 1. The van der Waals surface area contributed by atoms with Crippen LogP contribution in [0, 0.1) is 13.8 Å². The van der Waals surface area contributed by atoms with Gasteiger partial charge in [0.2, 0.25) is 0 Å². The minimum Gasteiger partial charge on any atom is -0.329 e. The molecule has 18 heavy (non-hydrogen) atoms. The second-order valence-corrected chi connectivity index (χ2v) is 6.50. The van der Waals surface area contributed by atoms with Crippen LogP contribution in [0.25, 0.3) is 0 Å². The molecule has 0 amide bonds. The maximum absolute atomic E-state index is 5.94. The number of thiazole rings is 1. The molecule has 0 aliphatic rings. The molecule has 0 aliphatic heterocycles. The Morgan fingerprint density at radius 1 is 1.39 bits per heavy atom. The molecule has 3 nitrogen and oxygen atoms in total. The summed E-state index contributed by atoms with van der Waals surface area (Å²) < 4.78 is 0.